The second kappa shape index (κ2) is 11.8. The number of nitrogens with zero attached hydrogens (tertiary/aromatic N) is 2. The molecule has 1 aliphatic heterocycles. The quantitative estimate of drug-likeness (QED) is 0.178. The Hall–Kier alpha value is -3.74. The van der Waals surface area contributed by atoms with Crippen LogP contribution in [-0.2, 0) is 47.7 Å². The molecule has 0 bridgehead atoms. The van der Waals surface area contributed by atoms with Crippen molar-refractivity contribution < 1.29 is 52.6 Å². The third-order valence-electron chi connectivity index (χ3n) is 4.15. The zero-order valence-electron chi connectivity index (χ0n) is 18.4. The molecule has 1 aliphatic rings. The molecule has 0 amide bonds. The number of para-hydroxylation sites is 1. The summed E-state index contributed by atoms with van der Waals surface area (Å²) in [6.45, 7) is 3.97. The first-order chi connectivity index (χ1) is 15.6. The van der Waals surface area contributed by atoms with Crippen LogP contribution in [0, 0.1) is 5.21 Å². The Bertz CT molecular complexity index is 889. The molecule has 1 aromatic carbocycles. The highest BCUT2D eigenvalue weighted by molar-refractivity contribution is 5.68. The minimum Gasteiger partial charge on any atom is -0.592 e. The first-order valence-corrected chi connectivity index (χ1v) is 9.78. The molecule has 1 aromatic rings. The maximum absolute atomic E-state index is 12.2. The molecule has 13 nitrogen and oxygen atoms in total. The van der Waals surface area contributed by atoms with Gasteiger partial charge in [-0.2, -0.15) is 0 Å². The average molecular weight is 468 g/mol. The Balaban J connectivity index is 2.41. The van der Waals surface area contributed by atoms with E-state index in [1.807, 2.05) is 0 Å². The van der Waals surface area contributed by atoms with Crippen LogP contribution in [0.1, 0.15) is 27.7 Å². The van der Waals surface area contributed by atoms with Crippen molar-refractivity contribution >= 4 is 29.6 Å². The van der Waals surface area contributed by atoms with Gasteiger partial charge in [-0.3, -0.25) is 19.2 Å². The fourth-order valence-corrected chi connectivity index (χ4v) is 2.97. The molecular formula is C20H24N2O11. The largest absolute Gasteiger partial charge is 0.592 e. The Morgan fingerprint density at radius 3 is 1.97 bits per heavy atom. The molecule has 0 unspecified atom stereocenters. The average Bonchev–Trinajstić information content (AvgIpc) is 2.73. The van der Waals surface area contributed by atoms with E-state index >= 15 is 0 Å². The van der Waals surface area contributed by atoms with Crippen molar-refractivity contribution in [1.29, 1.82) is 0 Å². The minimum atomic E-state index is -1.59. The van der Waals surface area contributed by atoms with E-state index in [4.69, 9.17) is 28.5 Å². The molecular weight excluding hydrogens is 444 g/mol. The zero-order chi connectivity index (χ0) is 24.5. The van der Waals surface area contributed by atoms with Gasteiger partial charge in [0.05, 0.1) is 0 Å². The van der Waals surface area contributed by atoms with Gasteiger partial charge < -0.3 is 33.7 Å². The van der Waals surface area contributed by atoms with E-state index in [-0.39, 0.29) is 10.5 Å². The lowest BCUT2D eigenvalue weighted by molar-refractivity contribution is -0.494. The molecule has 0 aromatic heterocycles. The molecule has 33 heavy (non-hydrogen) atoms. The SMILES string of the molecule is CC(=O)OC[C@H]1O[C@@H](O/N=[N+](\[O-])c2ccccc2)[C@H](OC(C)=O)[C@@H](OC(C)=O)[C@@H]1OC(C)=O. The third-order valence-corrected chi connectivity index (χ3v) is 4.15. The number of rotatable bonds is 8. The molecule has 0 aliphatic carbocycles. The van der Waals surface area contributed by atoms with Crippen LogP contribution in [0.5, 0.6) is 0 Å². The molecule has 2 rings (SSSR count). The first kappa shape index (κ1) is 25.5. The van der Waals surface area contributed by atoms with Crippen LogP contribution in [0.3, 0.4) is 0 Å². The van der Waals surface area contributed by atoms with Gasteiger partial charge in [0.25, 0.3) is 6.29 Å². The maximum atomic E-state index is 12.2. The van der Waals surface area contributed by atoms with Crippen molar-refractivity contribution in [3.05, 3.63) is 35.5 Å². The van der Waals surface area contributed by atoms with Crippen molar-refractivity contribution in [2.75, 3.05) is 6.61 Å². The summed E-state index contributed by atoms with van der Waals surface area (Å²) in [4.78, 5) is 51.8. The van der Waals surface area contributed by atoms with E-state index in [0.717, 1.165) is 27.7 Å². The molecule has 5 atom stereocenters. The number of carbonyl (C=O) groups is 4. The summed E-state index contributed by atoms with van der Waals surface area (Å²) in [5, 5.41) is 15.6. The number of hydrogen-bond acceptors (Lipinski definition) is 12. The predicted molar refractivity (Wildman–Crippen MR) is 105 cm³/mol. The van der Waals surface area contributed by atoms with Crippen LogP contribution >= 0.6 is 0 Å². The summed E-state index contributed by atoms with van der Waals surface area (Å²) in [6, 6.07) is 7.83. The number of hydrogen-bond donors (Lipinski definition) is 0. The van der Waals surface area contributed by atoms with E-state index in [0.29, 0.717) is 0 Å². The Morgan fingerprint density at radius 2 is 1.42 bits per heavy atom. The highest BCUT2D eigenvalue weighted by Crippen LogP contribution is 2.30. The number of carbonyl (C=O) groups excluding carboxylic acids is 4. The lowest BCUT2D eigenvalue weighted by Gasteiger charge is -2.42. The van der Waals surface area contributed by atoms with E-state index in [1.54, 1.807) is 18.2 Å². The van der Waals surface area contributed by atoms with Gasteiger partial charge in [0, 0.05) is 39.8 Å². The molecule has 180 valence electrons. The van der Waals surface area contributed by atoms with Gasteiger partial charge in [0.1, 0.15) is 12.7 Å². The van der Waals surface area contributed by atoms with Crippen molar-refractivity contribution in [2.24, 2.45) is 5.28 Å². The summed E-state index contributed by atoms with van der Waals surface area (Å²) in [5.41, 5.74) is 0.128. The summed E-state index contributed by atoms with van der Waals surface area (Å²) in [7, 11) is 0. The highest BCUT2D eigenvalue weighted by atomic mass is 16.8. The van der Waals surface area contributed by atoms with Crippen molar-refractivity contribution in [3.8, 4) is 0 Å². The minimum absolute atomic E-state index is 0.128. The van der Waals surface area contributed by atoms with Gasteiger partial charge in [-0.25, -0.2) is 0 Å². The second-order valence-corrected chi connectivity index (χ2v) is 6.86. The van der Waals surface area contributed by atoms with Gasteiger partial charge in [-0.05, 0) is 4.86 Å². The Kier molecular flexibility index (Phi) is 9.09. The standard InChI is InChI=1S/C20H24N2O11/c1-11(23)28-10-16-17(29-12(2)24)18(30-13(3)25)19(31-14(4)26)20(32-16)33-21-22(27)15-8-6-5-7-9-15/h5-9,16-20H,10H2,1-4H3/b22-21-/t16-,17-,18+,19-,20+/m1/s1. The predicted octanol–water partition coefficient (Wildman–Crippen LogP) is 1.30. The van der Waals surface area contributed by atoms with E-state index in [9.17, 15) is 24.4 Å². The van der Waals surface area contributed by atoms with Crippen LogP contribution in [0.15, 0.2) is 35.6 Å². The third kappa shape index (κ3) is 7.71. The fourth-order valence-electron chi connectivity index (χ4n) is 2.97. The van der Waals surface area contributed by atoms with Gasteiger partial charge in [-0.1, -0.05) is 18.2 Å². The molecule has 1 saturated heterocycles. The van der Waals surface area contributed by atoms with Crippen LogP contribution in [0.25, 0.3) is 0 Å². The lowest BCUT2D eigenvalue weighted by Crippen LogP contribution is -2.62. The van der Waals surface area contributed by atoms with Crippen LogP contribution in [0.4, 0.5) is 5.69 Å². The fraction of sp³-hybridized carbons (Fsp3) is 0.500. The second-order valence-electron chi connectivity index (χ2n) is 6.86. The number of esters is 4. The molecule has 0 spiro atoms. The van der Waals surface area contributed by atoms with Crippen LogP contribution < -0.4 is 0 Å². The topological polar surface area (TPSA) is 162 Å². The van der Waals surface area contributed by atoms with Crippen molar-refractivity contribution in [3.63, 3.8) is 0 Å². The molecule has 0 saturated carbocycles. The van der Waals surface area contributed by atoms with Crippen molar-refractivity contribution in [2.45, 2.75) is 58.4 Å². The van der Waals surface area contributed by atoms with Crippen molar-refractivity contribution in [1.82, 2.24) is 0 Å². The first-order valence-electron chi connectivity index (χ1n) is 9.78. The molecule has 1 fully saturated rings. The van der Waals surface area contributed by atoms with Gasteiger partial charge in [0.2, 0.25) is 17.1 Å². The summed E-state index contributed by atoms with van der Waals surface area (Å²) >= 11 is 0. The van der Waals surface area contributed by atoms with Crippen LogP contribution in [-0.4, -0.2) is 66.1 Å². The zero-order valence-corrected chi connectivity index (χ0v) is 18.4. The normalized spacial score (nSPS) is 24.8. The van der Waals surface area contributed by atoms with E-state index in [1.165, 1.54) is 12.1 Å². The Labute approximate surface area is 188 Å². The maximum Gasteiger partial charge on any atom is 0.303 e. The van der Waals surface area contributed by atoms with Gasteiger partial charge >= 0.3 is 23.9 Å². The molecule has 0 radical (unpaired) electrons. The number of ether oxygens (including phenoxy) is 5. The number of benzene rings is 1. The summed E-state index contributed by atoms with van der Waals surface area (Å²) in [6.07, 6.45) is -7.07. The Morgan fingerprint density at radius 1 is 0.879 bits per heavy atom. The highest BCUT2D eigenvalue weighted by Gasteiger charge is 2.54. The molecule has 1 heterocycles. The van der Waals surface area contributed by atoms with E-state index < -0.39 is 61.2 Å². The molecule has 13 heteroatoms. The smallest absolute Gasteiger partial charge is 0.303 e. The summed E-state index contributed by atoms with van der Waals surface area (Å²) < 4.78 is 26.3. The monoisotopic (exact) mass is 468 g/mol. The van der Waals surface area contributed by atoms with Crippen LogP contribution in [0.2, 0.25) is 0 Å². The van der Waals surface area contributed by atoms with Gasteiger partial charge in [-0.15, -0.1) is 0 Å². The lowest BCUT2D eigenvalue weighted by atomic mass is 9.98. The summed E-state index contributed by atoms with van der Waals surface area (Å²) in [5.74, 6) is -3.04. The van der Waals surface area contributed by atoms with Gasteiger partial charge in [0.15, 0.2) is 12.2 Å². The molecule has 0 N–H and O–H groups in total. The van der Waals surface area contributed by atoms with E-state index in [2.05, 4.69) is 5.28 Å².